The standard InChI is InChI=1S/C23H29NO4/c1-4-6-14-28-19-13-8-7-10-16(19)21-20(23(26)27-5-2)15(3)24-17-11-9-12-18(25)22(17)21/h7-8,10,13,20-21H,4-6,9,11-12,14H2,1-3H3/t20-,21-/m1/s1. The number of Topliss-reactive ketones (excluding diaryl/α,β-unsaturated/α-hetero) is 1. The highest BCUT2D eigenvalue weighted by Crippen LogP contribution is 2.46. The molecule has 1 aliphatic carbocycles. The summed E-state index contributed by atoms with van der Waals surface area (Å²) in [6.45, 7) is 6.67. The van der Waals surface area contributed by atoms with Gasteiger partial charge in [0, 0.05) is 34.9 Å². The smallest absolute Gasteiger partial charge is 0.315 e. The van der Waals surface area contributed by atoms with E-state index in [4.69, 9.17) is 9.47 Å². The van der Waals surface area contributed by atoms with Gasteiger partial charge in [-0.05, 0) is 39.2 Å². The molecule has 0 N–H and O–H groups in total. The fraction of sp³-hybridized carbons (Fsp3) is 0.522. The van der Waals surface area contributed by atoms with Gasteiger partial charge in [-0.2, -0.15) is 0 Å². The Hall–Kier alpha value is -2.43. The van der Waals surface area contributed by atoms with Gasteiger partial charge in [0.1, 0.15) is 11.7 Å². The number of ketones is 1. The van der Waals surface area contributed by atoms with Crippen molar-refractivity contribution in [1.29, 1.82) is 0 Å². The normalized spacial score (nSPS) is 21.8. The van der Waals surface area contributed by atoms with Gasteiger partial charge in [-0.25, -0.2) is 0 Å². The van der Waals surface area contributed by atoms with Crippen LogP contribution in [0.1, 0.15) is 64.4 Å². The summed E-state index contributed by atoms with van der Waals surface area (Å²) in [6, 6.07) is 7.73. The van der Waals surface area contributed by atoms with Crippen molar-refractivity contribution >= 4 is 17.5 Å². The Morgan fingerprint density at radius 3 is 2.75 bits per heavy atom. The number of hydrogen-bond donors (Lipinski definition) is 0. The first kappa shape index (κ1) is 20.3. The van der Waals surface area contributed by atoms with Crippen LogP contribution >= 0.6 is 0 Å². The highest BCUT2D eigenvalue weighted by Gasteiger charge is 2.44. The van der Waals surface area contributed by atoms with E-state index < -0.39 is 11.8 Å². The van der Waals surface area contributed by atoms with E-state index in [-0.39, 0.29) is 11.8 Å². The van der Waals surface area contributed by atoms with Crippen LogP contribution in [0.2, 0.25) is 0 Å². The molecule has 0 unspecified atom stereocenters. The highest BCUT2D eigenvalue weighted by atomic mass is 16.5. The minimum atomic E-state index is -0.600. The molecule has 1 aromatic carbocycles. The number of esters is 1. The van der Waals surface area contributed by atoms with Crippen molar-refractivity contribution in [3.63, 3.8) is 0 Å². The first-order valence-corrected chi connectivity index (χ1v) is 10.3. The van der Waals surface area contributed by atoms with Crippen LogP contribution < -0.4 is 4.74 Å². The van der Waals surface area contributed by atoms with Crippen LogP contribution in [0, 0.1) is 5.92 Å². The molecule has 5 nitrogen and oxygen atoms in total. The Balaban J connectivity index is 2.10. The molecule has 1 aromatic rings. The lowest BCUT2D eigenvalue weighted by Gasteiger charge is -2.35. The fourth-order valence-electron chi connectivity index (χ4n) is 4.08. The Morgan fingerprint density at radius 2 is 2.00 bits per heavy atom. The zero-order chi connectivity index (χ0) is 20.1. The van der Waals surface area contributed by atoms with Gasteiger partial charge in [0.15, 0.2) is 5.78 Å². The summed E-state index contributed by atoms with van der Waals surface area (Å²) in [7, 11) is 0. The lowest BCUT2D eigenvalue weighted by atomic mass is 9.71. The van der Waals surface area contributed by atoms with Crippen molar-refractivity contribution in [2.75, 3.05) is 13.2 Å². The zero-order valence-electron chi connectivity index (χ0n) is 17.0. The van der Waals surface area contributed by atoms with E-state index in [1.54, 1.807) is 6.92 Å². The molecule has 0 saturated carbocycles. The molecule has 150 valence electrons. The van der Waals surface area contributed by atoms with Gasteiger partial charge in [0.2, 0.25) is 0 Å². The summed E-state index contributed by atoms with van der Waals surface area (Å²) in [6.07, 6.45) is 4.06. The van der Waals surface area contributed by atoms with E-state index in [9.17, 15) is 9.59 Å². The summed E-state index contributed by atoms with van der Waals surface area (Å²) in [5.41, 5.74) is 3.07. The SMILES string of the molecule is CCCCOc1ccccc1[C@H]1C2=C(CCCC2=O)N=C(C)[C@H]1C(=O)OCC. The average Bonchev–Trinajstić information content (AvgIpc) is 2.68. The molecule has 5 heteroatoms. The van der Waals surface area contributed by atoms with Gasteiger partial charge in [-0.15, -0.1) is 0 Å². The summed E-state index contributed by atoms with van der Waals surface area (Å²) in [5, 5.41) is 0. The van der Waals surface area contributed by atoms with Gasteiger partial charge in [0.05, 0.1) is 13.2 Å². The predicted molar refractivity (Wildman–Crippen MR) is 109 cm³/mol. The average molecular weight is 383 g/mol. The number of carbonyl (C=O) groups is 2. The molecule has 28 heavy (non-hydrogen) atoms. The number of unbranched alkanes of at least 4 members (excludes halogenated alkanes) is 1. The third kappa shape index (κ3) is 4.03. The zero-order valence-corrected chi connectivity index (χ0v) is 17.0. The fourth-order valence-corrected chi connectivity index (χ4v) is 4.08. The van der Waals surface area contributed by atoms with Crippen molar-refractivity contribution in [3.8, 4) is 5.75 Å². The van der Waals surface area contributed by atoms with Gasteiger partial charge >= 0.3 is 5.97 Å². The van der Waals surface area contributed by atoms with Gasteiger partial charge in [0.25, 0.3) is 0 Å². The topological polar surface area (TPSA) is 65.0 Å². The second kappa shape index (κ2) is 9.18. The van der Waals surface area contributed by atoms with E-state index in [0.29, 0.717) is 30.9 Å². The summed E-state index contributed by atoms with van der Waals surface area (Å²) < 4.78 is 11.4. The van der Waals surface area contributed by atoms with Crippen molar-refractivity contribution < 1.29 is 19.1 Å². The Morgan fingerprint density at radius 1 is 1.21 bits per heavy atom. The molecule has 0 radical (unpaired) electrons. The van der Waals surface area contributed by atoms with Crippen LogP contribution in [0.5, 0.6) is 5.75 Å². The first-order chi connectivity index (χ1) is 13.6. The summed E-state index contributed by atoms with van der Waals surface area (Å²) >= 11 is 0. The molecule has 0 saturated heterocycles. The van der Waals surface area contributed by atoms with E-state index in [1.807, 2.05) is 31.2 Å². The second-order valence-electron chi connectivity index (χ2n) is 7.34. The Kier molecular flexibility index (Phi) is 6.65. The van der Waals surface area contributed by atoms with E-state index in [1.165, 1.54) is 0 Å². The van der Waals surface area contributed by atoms with Gasteiger partial charge in [-0.3, -0.25) is 14.6 Å². The van der Waals surface area contributed by atoms with Crippen LogP contribution in [-0.2, 0) is 14.3 Å². The molecule has 0 amide bonds. The number of allylic oxidation sites excluding steroid dienone is 2. The second-order valence-corrected chi connectivity index (χ2v) is 7.34. The molecular weight excluding hydrogens is 354 g/mol. The maximum absolute atomic E-state index is 12.9. The number of para-hydroxylation sites is 1. The highest BCUT2D eigenvalue weighted by molar-refractivity contribution is 6.09. The quantitative estimate of drug-likeness (QED) is 0.509. The maximum atomic E-state index is 12.9. The number of benzene rings is 1. The number of ether oxygens (including phenoxy) is 2. The van der Waals surface area contributed by atoms with Crippen molar-refractivity contribution in [3.05, 3.63) is 41.1 Å². The molecule has 2 atom stereocenters. The predicted octanol–water partition coefficient (Wildman–Crippen LogP) is 4.61. The third-order valence-corrected chi connectivity index (χ3v) is 5.38. The van der Waals surface area contributed by atoms with Crippen LogP contribution in [0.4, 0.5) is 0 Å². The van der Waals surface area contributed by atoms with E-state index in [0.717, 1.165) is 42.7 Å². The third-order valence-electron chi connectivity index (χ3n) is 5.38. The largest absolute Gasteiger partial charge is 0.493 e. The van der Waals surface area contributed by atoms with Crippen LogP contribution in [-0.4, -0.2) is 30.7 Å². The number of carbonyl (C=O) groups excluding carboxylic acids is 2. The number of aliphatic imine (C=N–C) groups is 1. The Labute approximate surface area is 166 Å². The van der Waals surface area contributed by atoms with Crippen LogP contribution in [0.25, 0.3) is 0 Å². The molecule has 0 spiro atoms. The summed E-state index contributed by atoms with van der Waals surface area (Å²) in [5.74, 6) is -0.522. The molecule has 3 rings (SSSR count). The molecular formula is C23H29NO4. The van der Waals surface area contributed by atoms with E-state index in [2.05, 4.69) is 11.9 Å². The van der Waals surface area contributed by atoms with Crippen molar-refractivity contribution in [1.82, 2.24) is 0 Å². The molecule has 0 bridgehead atoms. The van der Waals surface area contributed by atoms with E-state index >= 15 is 0 Å². The Bertz CT molecular complexity index is 809. The van der Waals surface area contributed by atoms with Gasteiger partial charge < -0.3 is 9.47 Å². The number of rotatable bonds is 7. The van der Waals surface area contributed by atoms with Crippen LogP contribution in [0.3, 0.4) is 0 Å². The summed E-state index contributed by atoms with van der Waals surface area (Å²) in [4.78, 5) is 30.4. The monoisotopic (exact) mass is 383 g/mol. The maximum Gasteiger partial charge on any atom is 0.315 e. The number of hydrogen-bond acceptors (Lipinski definition) is 5. The lowest BCUT2D eigenvalue weighted by Crippen LogP contribution is -2.37. The molecule has 2 aliphatic rings. The van der Waals surface area contributed by atoms with Crippen molar-refractivity contribution in [2.24, 2.45) is 10.9 Å². The first-order valence-electron chi connectivity index (χ1n) is 10.3. The molecule has 1 aliphatic heterocycles. The van der Waals surface area contributed by atoms with Crippen LogP contribution in [0.15, 0.2) is 40.5 Å². The van der Waals surface area contributed by atoms with Gasteiger partial charge in [-0.1, -0.05) is 31.5 Å². The molecule has 0 aromatic heterocycles. The minimum absolute atomic E-state index is 0.0835. The number of nitrogens with zero attached hydrogens (tertiary/aromatic N) is 1. The minimum Gasteiger partial charge on any atom is -0.493 e. The van der Waals surface area contributed by atoms with Crippen molar-refractivity contribution in [2.45, 2.75) is 58.8 Å². The molecule has 1 heterocycles. The lowest BCUT2D eigenvalue weighted by molar-refractivity contribution is -0.146. The molecule has 0 fully saturated rings.